The quantitative estimate of drug-likeness (QED) is 0.524. The van der Waals surface area contributed by atoms with Crippen LogP contribution in [0.15, 0.2) is 29.6 Å². The average molecular weight is 520 g/mol. The number of rotatable bonds is 4. The van der Waals surface area contributed by atoms with Crippen molar-refractivity contribution in [1.82, 2.24) is 4.90 Å². The maximum Gasteiger partial charge on any atom is 0.410 e. The fraction of sp³-hybridized carbons (Fsp3) is 0.556. The second-order valence-corrected chi connectivity index (χ2v) is 10.8. The van der Waals surface area contributed by atoms with Gasteiger partial charge in [-0.2, -0.15) is 0 Å². The van der Waals surface area contributed by atoms with E-state index in [0.717, 1.165) is 18.4 Å². The molecule has 0 bridgehead atoms. The van der Waals surface area contributed by atoms with Crippen molar-refractivity contribution in [1.29, 1.82) is 0 Å². The topological polar surface area (TPSA) is 83.5 Å². The van der Waals surface area contributed by atoms with E-state index in [1.54, 1.807) is 11.0 Å². The third-order valence-electron chi connectivity index (χ3n) is 7.00. The van der Waals surface area contributed by atoms with Crippen LogP contribution < -0.4 is 14.2 Å². The number of allylic oxidation sites excluding steroid dienone is 2. The van der Waals surface area contributed by atoms with Crippen molar-refractivity contribution in [3.8, 4) is 17.2 Å². The van der Waals surface area contributed by atoms with Crippen LogP contribution in [0.2, 0.25) is 5.02 Å². The smallest absolute Gasteiger partial charge is 0.410 e. The minimum Gasteiger partial charge on any atom is -0.496 e. The highest BCUT2D eigenvalue weighted by Gasteiger charge is 2.59. The Morgan fingerprint density at radius 1 is 1.11 bits per heavy atom. The summed E-state index contributed by atoms with van der Waals surface area (Å²) in [7, 11) is 4.52. The van der Waals surface area contributed by atoms with Gasteiger partial charge in [-0.3, -0.25) is 4.79 Å². The van der Waals surface area contributed by atoms with Crippen LogP contribution in [0, 0.1) is 11.8 Å². The van der Waals surface area contributed by atoms with Gasteiger partial charge in [0, 0.05) is 25.1 Å². The van der Waals surface area contributed by atoms with Gasteiger partial charge in [-0.1, -0.05) is 24.6 Å². The number of methoxy groups -OCH3 is 3. The fourth-order valence-electron chi connectivity index (χ4n) is 5.18. The van der Waals surface area contributed by atoms with Gasteiger partial charge in [-0.05, 0) is 51.2 Å². The predicted octanol–water partition coefficient (Wildman–Crippen LogP) is 5.42. The Morgan fingerprint density at radius 2 is 1.75 bits per heavy atom. The normalized spacial score (nSPS) is 24.1. The number of Topliss-reactive ketones (excluding diaryl/α,β-unsaturated/α-hetero) is 1. The summed E-state index contributed by atoms with van der Waals surface area (Å²) in [5.41, 5.74) is -0.621. The van der Waals surface area contributed by atoms with Gasteiger partial charge in [-0.25, -0.2) is 4.79 Å². The summed E-state index contributed by atoms with van der Waals surface area (Å²) in [5, 5.41) is 0.183. The highest BCUT2D eigenvalue weighted by molar-refractivity contribution is 6.37. The Hall–Kier alpha value is -2.87. The number of halogens is 1. The lowest BCUT2D eigenvalue weighted by atomic mass is 9.74. The number of hydrogen-bond donors (Lipinski definition) is 0. The van der Waals surface area contributed by atoms with Crippen LogP contribution in [0.25, 0.3) is 0 Å². The third-order valence-corrected chi connectivity index (χ3v) is 7.38. The van der Waals surface area contributed by atoms with E-state index in [4.69, 9.17) is 35.3 Å². The zero-order valence-electron chi connectivity index (χ0n) is 21.9. The Bertz CT molecular complexity index is 1130. The van der Waals surface area contributed by atoms with Gasteiger partial charge in [0.2, 0.25) is 11.4 Å². The molecule has 1 amide bonds. The molecule has 1 spiro atoms. The van der Waals surface area contributed by atoms with Crippen molar-refractivity contribution in [2.75, 3.05) is 34.4 Å². The van der Waals surface area contributed by atoms with Crippen LogP contribution in [0.1, 0.15) is 50.9 Å². The summed E-state index contributed by atoms with van der Waals surface area (Å²) in [4.78, 5) is 28.1. The number of piperidine rings is 1. The van der Waals surface area contributed by atoms with Gasteiger partial charge in [-0.15, -0.1) is 0 Å². The number of ketones is 1. The van der Waals surface area contributed by atoms with Crippen molar-refractivity contribution in [3.05, 3.63) is 40.1 Å². The molecule has 1 saturated heterocycles. The molecule has 196 valence electrons. The van der Waals surface area contributed by atoms with E-state index >= 15 is 0 Å². The van der Waals surface area contributed by atoms with E-state index < -0.39 is 11.2 Å². The van der Waals surface area contributed by atoms with Crippen LogP contribution in [0.5, 0.6) is 17.2 Å². The van der Waals surface area contributed by atoms with Gasteiger partial charge in [0.25, 0.3) is 0 Å². The Morgan fingerprint density at radius 3 is 2.31 bits per heavy atom. The zero-order chi connectivity index (χ0) is 26.4. The molecule has 36 heavy (non-hydrogen) atoms. The molecule has 3 aliphatic rings. The van der Waals surface area contributed by atoms with E-state index in [1.807, 2.05) is 33.8 Å². The molecule has 0 N–H and O–H groups in total. The average Bonchev–Trinajstić information content (AvgIpc) is 3.14. The molecule has 9 heteroatoms. The van der Waals surface area contributed by atoms with Crippen molar-refractivity contribution >= 4 is 23.5 Å². The van der Waals surface area contributed by atoms with Crippen LogP contribution >= 0.6 is 11.6 Å². The predicted molar refractivity (Wildman–Crippen MR) is 135 cm³/mol. The van der Waals surface area contributed by atoms with Crippen LogP contribution in [0.3, 0.4) is 0 Å². The molecule has 2 aliphatic heterocycles. The van der Waals surface area contributed by atoms with E-state index in [9.17, 15) is 9.59 Å². The maximum absolute atomic E-state index is 13.9. The number of ether oxygens (including phenoxy) is 5. The number of likely N-dealkylation sites (tertiary alicyclic amines) is 1. The standard InChI is InChI=1S/C27H34ClNO7/c1-15-12-17(16-8-10-29(11-9-16)25(31)36-26(2,3)4)13-20(34-7)27(15)24(30)21-22(28)18(32-5)14-19(33-6)23(21)35-27/h12-16H,8-11H2,1-7H3/t15-,27+/m1/s1. The summed E-state index contributed by atoms with van der Waals surface area (Å²) in [5.74, 6) is 0.971. The van der Waals surface area contributed by atoms with Crippen LogP contribution in [-0.4, -0.2) is 62.4 Å². The summed E-state index contributed by atoms with van der Waals surface area (Å²) in [6, 6.07) is 1.61. The first-order chi connectivity index (χ1) is 17.0. The minimum atomic E-state index is -1.39. The van der Waals surface area contributed by atoms with E-state index in [0.29, 0.717) is 30.3 Å². The molecule has 1 aromatic carbocycles. The number of fused-ring (bicyclic) bond motifs is 1. The summed E-state index contributed by atoms with van der Waals surface area (Å²) in [6.45, 7) is 8.72. The van der Waals surface area contributed by atoms with Crippen molar-refractivity contribution in [3.63, 3.8) is 0 Å². The zero-order valence-corrected chi connectivity index (χ0v) is 22.7. The number of carbonyl (C=O) groups is 2. The van der Waals surface area contributed by atoms with Gasteiger partial charge >= 0.3 is 6.09 Å². The van der Waals surface area contributed by atoms with Crippen molar-refractivity contribution in [2.45, 2.75) is 51.7 Å². The monoisotopic (exact) mass is 519 g/mol. The highest BCUT2D eigenvalue weighted by atomic mass is 35.5. The first kappa shape index (κ1) is 26.2. The third kappa shape index (κ3) is 4.29. The SMILES string of the molecule is COC1=CC(C2CCN(C(=O)OC(C)(C)C)CC2)=C[C@@H](C)[C@]12Oc1c(OC)cc(OC)c(Cl)c1C2=O. The van der Waals surface area contributed by atoms with Gasteiger partial charge in [0.05, 0.1) is 31.9 Å². The van der Waals surface area contributed by atoms with E-state index in [2.05, 4.69) is 6.08 Å². The number of nitrogens with zero attached hydrogens (tertiary/aromatic N) is 1. The molecule has 1 aliphatic carbocycles. The first-order valence-corrected chi connectivity index (χ1v) is 12.5. The van der Waals surface area contributed by atoms with Gasteiger partial charge < -0.3 is 28.6 Å². The molecule has 2 atom stereocenters. The van der Waals surface area contributed by atoms with E-state index in [-0.39, 0.29) is 40.0 Å². The molecule has 1 aromatic rings. The molecule has 0 unspecified atom stereocenters. The van der Waals surface area contributed by atoms with Gasteiger partial charge in [0.1, 0.15) is 17.1 Å². The minimum absolute atomic E-state index is 0.183. The lowest BCUT2D eigenvalue weighted by molar-refractivity contribution is 0.0186. The summed E-state index contributed by atoms with van der Waals surface area (Å²) >= 11 is 6.55. The second-order valence-electron chi connectivity index (χ2n) is 10.4. The molecule has 0 aromatic heterocycles. The van der Waals surface area contributed by atoms with Crippen molar-refractivity contribution in [2.24, 2.45) is 11.8 Å². The molecule has 8 nitrogen and oxygen atoms in total. The first-order valence-electron chi connectivity index (χ1n) is 12.1. The summed E-state index contributed by atoms with van der Waals surface area (Å²) in [6.07, 6.45) is 5.24. The Kier molecular flexibility index (Phi) is 6.94. The molecule has 2 heterocycles. The van der Waals surface area contributed by atoms with Crippen LogP contribution in [-0.2, 0) is 9.47 Å². The Labute approximate surface area is 217 Å². The summed E-state index contributed by atoms with van der Waals surface area (Å²) < 4.78 is 28.5. The second kappa shape index (κ2) is 9.54. The fourth-order valence-corrected chi connectivity index (χ4v) is 5.48. The highest BCUT2D eigenvalue weighted by Crippen LogP contribution is 2.54. The van der Waals surface area contributed by atoms with Crippen LogP contribution in [0.4, 0.5) is 4.79 Å². The number of carbonyl (C=O) groups excluding carboxylic acids is 2. The van der Waals surface area contributed by atoms with Crippen molar-refractivity contribution < 1.29 is 33.3 Å². The van der Waals surface area contributed by atoms with Gasteiger partial charge in [0.15, 0.2) is 11.5 Å². The number of amides is 1. The molecule has 0 saturated carbocycles. The van der Waals surface area contributed by atoms with E-state index in [1.165, 1.54) is 21.3 Å². The maximum atomic E-state index is 13.9. The Balaban J connectivity index is 1.59. The molecular formula is C27H34ClNO7. The lowest BCUT2D eigenvalue weighted by Crippen LogP contribution is -2.50. The molecule has 1 fully saturated rings. The molecular weight excluding hydrogens is 486 g/mol. The number of benzene rings is 1. The molecule has 0 radical (unpaired) electrons. The lowest BCUT2D eigenvalue weighted by Gasteiger charge is -2.39. The molecule has 4 rings (SSSR count). The largest absolute Gasteiger partial charge is 0.496 e. The number of hydrogen-bond acceptors (Lipinski definition) is 7.